The first kappa shape index (κ1) is 15.6. The van der Waals surface area contributed by atoms with Crippen molar-refractivity contribution in [3.05, 3.63) is 24.1 Å². The highest BCUT2D eigenvalue weighted by molar-refractivity contribution is 5.76. The zero-order chi connectivity index (χ0) is 16.2. The minimum Gasteiger partial charge on any atom is -0.420 e. The molecule has 1 saturated heterocycles. The minimum absolute atomic E-state index is 0.107. The van der Waals surface area contributed by atoms with Gasteiger partial charge in [-0.1, -0.05) is 6.92 Å². The number of amides is 1. The first-order chi connectivity index (χ1) is 11.2. The van der Waals surface area contributed by atoms with E-state index in [9.17, 15) is 4.79 Å². The molecule has 3 rings (SSSR count). The molecule has 0 aliphatic carbocycles. The Bertz CT molecular complexity index is 685. The molecule has 0 bridgehead atoms. The molecule has 2 aromatic heterocycles. The van der Waals surface area contributed by atoms with Gasteiger partial charge in [0.05, 0.1) is 17.2 Å². The van der Waals surface area contributed by atoms with E-state index < -0.39 is 0 Å². The molecule has 0 radical (unpaired) electrons. The molecule has 3 heterocycles. The summed E-state index contributed by atoms with van der Waals surface area (Å²) in [6, 6.07) is 0. The lowest BCUT2D eigenvalue weighted by molar-refractivity contribution is -0.132. The standard InChI is InChI=1S/C16H21N5O2/c1-3-5-14(22)21-7-4-6-12(9-21)15-19-20-16(23-15)13-8-17-10-18-11(13)2/h8,10,12H,3-7,9H2,1-2H3. The molecule has 7 heteroatoms. The number of aromatic nitrogens is 4. The van der Waals surface area contributed by atoms with Crippen molar-refractivity contribution in [3.8, 4) is 11.5 Å². The van der Waals surface area contributed by atoms with Gasteiger partial charge < -0.3 is 9.32 Å². The van der Waals surface area contributed by atoms with Crippen molar-refractivity contribution in [2.24, 2.45) is 0 Å². The Labute approximate surface area is 135 Å². The van der Waals surface area contributed by atoms with Crippen molar-refractivity contribution in [1.82, 2.24) is 25.1 Å². The summed E-state index contributed by atoms with van der Waals surface area (Å²) in [5.74, 6) is 1.35. The molecule has 1 aliphatic rings. The van der Waals surface area contributed by atoms with Crippen molar-refractivity contribution in [1.29, 1.82) is 0 Å². The van der Waals surface area contributed by atoms with Gasteiger partial charge in [-0.2, -0.15) is 0 Å². The number of rotatable bonds is 4. The molecule has 7 nitrogen and oxygen atoms in total. The summed E-state index contributed by atoms with van der Waals surface area (Å²) in [5.41, 5.74) is 1.56. The summed E-state index contributed by atoms with van der Waals surface area (Å²) in [6.45, 7) is 5.38. The smallest absolute Gasteiger partial charge is 0.251 e. The lowest BCUT2D eigenvalue weighted by Gasteiger charge is -2.31. The first-order valence-corrected chi connectivity index (χ1v) is 8.07. The summed E-state index contributed by atoms with van der Waals surface area (Å²) in [6.07, 6.45) is 6.57. The van der Waals surface area contributed by atoms with Gasteiger partial charge in [-0.15, -0.1) is 10.2 Å². The van der Waals surface area contributed by atoms with Crippen molar-refractivity contribution in [2.45, 2.75) is 45.4 Å². The fraction of sp³-hybridized carbons (Fsp3) is 0.562. The van der Waals surface area contributed by atoms with E-state index in [2.05, 4.69) is 20.2 Å². The van der Waals surface area contributed by atoms with E-state index in [0.29, 0.717) is 24.7 Å². The maximum atomic E-state index is 12.1. The van der Waals surface area contributed by atoms with Crippen LogP contribution >= 0.6 is 0 Å². The maximum absolute atomic E-state index is 12.1. The second-order valence-corrected chi connectivity index (χ2v) is 5.90. The van der Waals surface area contributed by atoms with Crippen molar-refractivity contribution in [3.63, 3.8) is 0 Å². The molecule has 0 saturated carbocycles. The molecular formula is C16H21N5O2. The number of carbonyl (C=O) groups is 1. The Morgan fingerprint density at radius 1 is 1.43 bits per heavy atom. The highest BCUT2D eigenvalue weighted by Crippen LogP contribution is 2.29. The van der Waals surface area contributed by atoms with Gasteiger partial charge in [-0.05, 0) is 26.2 Å². The minimum atomic E-state index is 0.107. The van der Waals surface area contributed by atoms with Crippen LogP contribution in [0.15, 0.2) is 16.9 Å². The van der Waals surface area contributed by atoms with Crippen LogP contribution in [0.4, 0.5) is 0 Å². The topological polar surface area (TPSA) is 85.0 Å². The highest BCUT2D eigenvalue weighted by Gasteiger charge is 2.28. The molecule has 1 fully saturated rings. The van der Waals surface area contributed by atoms with Crippen molar-refractivity contribution < 1.29 is 9.21 Å². The number of hydrogen-bond donors (Lipinski definition) is 0. The quantitative estimate of drug-likeness (QED) is 0.861. The van der Waals surface area contributed by atoms with Gasteiger partial charge >= 0.3 is 0 Å². The number of likely N-dealkylation sites (tertiary alicyclic amines) is 1. The van der Waals surface area contributed by atoms with Crippen LogP contribution in [0.25, 0.3) is 11.5 Å². The van der Waals surface area contributed by atoms with Crippen LogP contribution in [0.2, 0.25) is 0 Å². The number of nitrogens with zero attached hydrogens (tertiary/aromatic N) is 5. The number of piperidine rings is 1. The van der Waals surface area contributed by atoms with Crippen molar-refractivity contribution in [2.75, 3.05) is 13.1 Å². The molecule has 0 spiro atoms. The summed E-state index contributed by atoms with van der Waals surface area (Å²) < 4.78 is 5.84. The third-order valence-electron chi connectivity index (χ3n) is 4.17. The maximum Gasteiger partial charge on any atom is 0.251 e. The van der Waals surface area contributed by atoms with E-state index in [4.69, 9.17) is 4.42 Å². The Hall–Kier alpha value is -2.31. The predicted octanol–water partition coefficient (Wildman–Crippen LogP) is 2.34. The number of carbonyl (C=O) groups excluding carboxylic acids is 1. The van der Waals surface area contributed by atoms with Gasteiger partial charge in [0, 0.05) is 25.7 Å². The van der Waals surface area contributed by atoms with Gasteiger partial charge in [-0.25, -0.2) is 9.97 Å². The Morgan fingerprint density at radius 3 is 3.09 bits per heavy atom. The SMILES string of the molecule is CCCC(=O)N1CCCC(c2nnc(-c3cncnc3C)o2)C1. The zero-order valence-electron chi connectivity index (χ0n) is 13.5. The van der Waals surface area contributed by atoms with Crippen LogP contribution in [0, 0.1) is 6.92 Å². The molecule has 23 heavy (non-hydrogen) atoms. The molecule has 2 aromatic rings. The van der Waals surface area contributed by atoms with Crippen LogP contribution in [-0.2, 0) is 4.79 Å². The molecule has 0 N–H and O–H groups in total. The van der Waals surface area contributed by atoms with Gasteiger partial charge in [0.2, 0.25) is 11.8 Å². The second kappa shape index (κ2) is 6.85. The van der Waals surface area contributed by atoms with E-state index in [0.717, 1.165) is 37.1 Å². The number of hydrogen-bond acceptors (Lipinski definition) is 6. The van der Waals surface area contributed by atoms with E-state index in [1.807, 2.05) is 18.7 Å². The highest BCUT2D eigenvalue weighted by atomic mass is 16.4. The monoisotopic (exact) mass is 315 g/mol. The van der Waals surface area contributed by atoms with Crippen LogP contribution in [0.1, 0.15) is 50.1 Å². The Morgan fingerprint density at radius 2 is 2.30 bits per heavy atom. The summed E-state index contributed by atoms with van der Waals surface area (Å²) in [7, 11) is 0. The van der Waals surface area contributed by atoms with E-state index in [1.54, 1.807) is 6.20 Å². The summed E-state index contributed by atoms with van der Waals surface area (Å²) in [5, 5.41) is 8.32. The van der Waals surface area contributed by atoms with Crippen LogP contribution < -0.4 is 0 Å². The van der Waals surface area contributed by atoms with Crippen LogP contribution in [-0.4, -0.2) is 44.1 Å². The number of aryl methyl sites for hydroxylation is 1. The normalized spacial score (nSPS) is 18.2. The van der Waals surface area contributed by atoms with Gasteiger partial charge in [-0.3, -0.25) is 4.79 Å². The van der Waals surface area contributed by atoms with Gasteiger partial charge in [0.15, 0.2) is 0 Å². The molecular weight excluding hydrogens is 294 g/mol. The molecule has 0 aromatic carbocycles. The van der Waals surface area contributed by atoms with Crippen LogP contribution in [0.5, 0.6) is 0 Å². The largest absolute Gasteiger partial charge is 0.420 e. The Balaban J connectivity index is 1.75. The molecule has 122 valence electrons. The fourth-order valence-corrected chi connectivity index (χ4v) is 2.89. The zero-order valence-corrected chi connectivity index (χ0v) is 13.5. The summed E-state index contributed by atoms with van der Waals surface area (Å²) >= 11 is 0. The van der Waals surface area contributed by atoms with Gasteiger partial charge in [0.1, 0.15) is 6.33 Å². The summed E-state index contributed by atoms with van der Waals surface area (Å²) in [4.78, 5) is 22.2. The molecule has 1 amide bonds. The lowest BCUT2D eigenvalue weighted by atomic mass is 9.97. The lowest BCUT2D eigenvalue weighted by Crippen LogP contribution is -2.39. The van der Waals surface area contributed by atoms with E-state index >= 15 is 0 Å². The van der Waals surface area contributed by atoms with E-state index in [1.165, 1.54) is 6.33 Å². The average Bonchev–Trinajstić information content (AvgIpc) is 3.05. The fourth-order valence-electron chi connectivity index (χ4n) is 2.89. The molecule has 1 atom stereocenters. The average molecular weight is 315 g/mol. The predicted molar refractivity (Wildman–Crippen MR) is 83.5 cm³/mol. The first-order valence-electron chi connectivity index (χ1n) is 8.07. The van der Waals surface area contributed by atoms with Crippen LogP contribution in [0.3, 0.4) is 0 Å². The third kappa shape index (κ3) is 3.38. The van der Waals surface area contributed by atoms with Crippen molar-refractivity contribution >= 4 is 5.91 Å². The van der Waals surface area contributed by atoms with Gasteiger partial charge in [0.25, 0.3) is 5.89 Å². The Kier molecular flexibility index (Phi) is 4.64. The molecule has 1 aliphatic heterocycles. The second-order valence-electron chi connectivity index (χ2n) is 5.90. The third-order valence-corrected chi connectivity index (χ3v) is 4.17. The van der Waals surface area contributed by atoms with E-state index in [-0.39, 0.29) is 11.8 Å². The molecule has 1 unspecified atom stereocenters.